The molecule has 0 saturated heterocycles. The zero-order chi connectivity index (χ0) is 37.5. The number of esters is 1. The number of benzene rings is 2. The van der Waals surface area contributed by atoms with Crippen LogP contribution in [0.2, 0.25) is 5.02 Å². The largest absolute Gasteiger partial charge is 0.490 e. The number of allylic oxidation sites excluding steroid dienone is 1. The minimum atomic E-state index is -3.57. The Morgan fingerprint density at radius 2 is 1.94 bits per heavy atom. The van der Waals surface area contributed by atoms with Gasteiger partial charge in [-0.2, -0.15) is 0 Å². The molecule has 2 N–H and O–H groups in total. The summed E-state index contributed by atoms with van der Waals surface area (Å²) < 4.78 is 38.9. The SMILES string of the molecule is COC(=O)[C@]1(C)C[C@H](NC(=O)NS2(=O)=NC(=O)c3ccc4c(c3)N(C[C@@H]3CC[C@H]3[C@@H](OC)/C=C/C[C@H](C)C2)C[C@@]2(CCCc3cc(Cl)ccc32)CO4)C1. The topological polar surface area (TPSA) is 136 Å². The van der Waals surface area contributed by atoms with Gasteiger partial charge < -0.3 is 24.4 Å². The molecule has 1 spiro atoms. The molecule has 3 aliphatic carbocycles. The first-order valence-corrected chi connectivity index (χ1v) is 20.8. The van der Waals surface area contributed by atoms with Crippen molar-refractivity contribution in [2.75, 3.05) is 44.6 Å². The van der Waals surface area contributed by atoms with Crippen LogP contribution in [0.1, 0.15) is 80.3 Å². The molecule has 3 amide bonds. The van der Waals surface area contributed by atoms with E-state index in [0.717, 1.165) is 49.4 Å². The van der Waals surface area contributed by atoms with Crippen molar-refractivity contribution in [2.45, 2.75) is 82.8 Å². The minimum Gasteiger partial charge on any atom is -0.490 e. The fourth-order valence-electron chi connectivity index (χ4n) is 9.27. The number of methoxy groups -OCH3 is 2. The third-order valence-electron chi connectivity index (χ3n) is 12.2. The Morgan fingerprint density at radius 3 is 2.68 bits per heavy atom. The Kier molecular flexibility index (Phi) is 10.6. The molecule has 2 heterocycles. The third kappa shape index (κ3) is 7.69. The van der Waals surface area contributed by atoms with Crippen LogP contribution in [0.4, 0.5) is 10.5 Å². The van der Waals surface area contributed by atoms with Crippen molar-refractivity contribution in [1.29, 1.82) is 0 Å². The van der Waals surface area contributed by atoms with Gasteiger partial charge in [-0.25, -0.2) is 9.00 Å². The maximum absolute atomic E-state index is 14.5. The van der Waals surface area contributed by atoms with Crippen LogP contribution in [0.3, 0.4) is 0 Å². The molecule has 286 valence electrons. The average Bonchev–Trinajstić information content (AvgIpc) is 3.24. The predicted molar refractivity (Wildman–Crippen MR) is 205 cm³/mol. The molecule has 0 radical (unpaired) electrons. The van der Waals surface area contributed by atoms with Gasteiger partial charge in [0.2, 0.25) is 0 Å². The van der Waals surface area contributed by atoms with Gasteiger partial charge in [-0.15, -0.1) is 4.36 Å². The molecule has 6 atom stereocenters. The second-order valence-corrected chi connectivity index (χ2v) is 18.6. The molecule has 7 rings (SSSR count). The number of aryl methyl sites for hydroxylation is 1. The first-order chi connectivity index (χ1) is 25.3. The number of amides is 3. The summed E-state index contributed by atoms with van der Waals surface area (Å²) in [4.78, 5) is 41.8. The first-order valence-electron chi connectivity index (χ1n) is 18.8. The molecule has 11 nitrogen and oxygen atoms in total. The summed E-state index contributed by atoms with van der Waals surface area (Å²) >= 11 is 6.46. The van der Waals surface area contributed by atoms with Crippen molar-refractivity contribution in [2.24, 2.45) is 27.5 Å². The van der Waals surface area contributed by atoms with Gasteiger partial charge in [-0.1, -0.05) is 36.7 Å². The van der Waals surface area contributed by atoms with Gasteiger partial charge >= 0.3 is 12.0 Å². The lowest BCUT2D eigenvalue weighted by Gasteiger charge is -2.46. The number of nitrogens with one attached hydrogen (secondary N) is 2. The van der Waals surface area contributed by atoms with E-state index in [-0.39, 0.29) is 40.8 Å². The number of carbonyl (C=O) groups excluding carboxylic acids is 3. The highest BCUT2D eigenvalue weighted by Crippen LogP contribution is 2.47. The zero-order valence-electron chi connectivity index (χ0n) is 31.0. The maximum Gasteiger partial charge on any atom is 0.327 e. The number of urea groups is 1. The molecular formula is C40H51ClN4O7S. The Labute approximate surface area is 317 Å². The van der Waals surface area contributed by atoms with Crippen molar-refractivity contribution in [1.82, 2.24) is 10.0 Å². The van der Waals surface area contributed by atoms with Gasteiger partial charge in [0.25, 0.3) is 5.91 Å². The summed E-state index contributed by atoms with van der Waals surface area (Å²) in [5, 5.41) is 3.54. The number of fused-ring (bicyclic) bond motifs is 4. The summed E-state index contributed by atoms with van der Waals surface area (Å²) in [7, 11) is -0.477. The van der Waals surface area contributed by atoms with Crippen molar-refractivity contribution in [3.63, 3.8) is 0 Å². The van der Waals surface area contributed by atoms with Crippen molar-refractivity contribution < 1.29 is 32.8 Å². The molecule has 2 fully saturated rings. The molecule has 2 aromatic rings. The van der Waals surface area contributed by atoms with Crippen molar-refractivity contribution >= 4 is 45.1 Å². The fraction of sp³-hybridized carbons (Fsp3) is 0.575. The number of hydrogen-bond acceptors (Lipinski definition) is 8. The van der Waals surface area contributed by atoms with Crippen LogP contribution >= 0.6 is 11.6 Å². The number of anilines is 1. The van der Waals surface area contributed by atoms with Crippen LogP contribution in [-0.2, 0) is 36.0 Å². The molecule has 2 saturated carbocycles. The summed E-state index contributed by atoms with van der Waals surface area (Å²) in [6, 6.07) is 10.5. The van der Waals surface area contributed by atoms with Gasteiger partial charge in [-0.3, -0.25) is 14.3 Å². The number of rotatable bonds is 4. The van der Waals surface area contributed by atoms with Crippen LogP contribution in [0.25, 0.3) is 0 Å². The molecular weight excluding hydrogens is 716 g/mol. The van der Waals surface area contributed by atoms with E-state index >= 15 is 0 Å². The Balaban J connectivity index is 1.23. The lowest BCUT2D eigenvalue weighted by molar-refractivity contribution is -0.158. The second kappa shape index (κ2) is 14.9. The molecule has 2 aromatic carbocycles. The fourth-order valence-corrected chi connectivity index (χ4v) is 11.3. The number of halogens is 1. The van der Waals surface area contributed by atoms with E-state index in [1.54, 1.807) is 20.1 Å². The van der Waals surface area contributed by atoms with Crippen molar-refractivity contribution in [3.8, 4) is 5.75 Å². The van der Waals surface area contributed by atoms with Crippen LogP contribution in [0.15, 0.2) is 52.9 Å². The normalized spacial score (nSPS) is 34.4. The highest BCUT2D eigenvalue weighted by atomic mass is 35.5. The Hall–Kier alpha value is -3.61. The van der Waals surface area contributed by atoms with E-state index < -0.39 is 27.3 Å². The van der Waals surface area contributed by atoms with Crippen molar-refractivity contribution in [3.05, 3.63) is 70.3 Å². The van der Waals surface area contributed by atoms with Crippen LogP contribution in [0.5, 0.6) is 5.75 Å². The zero-order valence-corrected chi connectivity index (χ0v) is 32.6. The molecule has 2 bridgehead atoms. The average molecular weight is 767 g/mol. The number of nitrogens with zero attached hydrogens (tertiary/aromatic N) is 2. The van der Waals surface area contributed by atoms with E-state index in [9.17, 15) is 18.6 Å². The van der Waals surface area contributed by atoms with Gasteiger partial charge in [-0.05, 0) is 118 Å². The molecule has 1 unspecified atom stereocenters. The minimum absolute atomic E-state index is 0.0309. The van der Waals surface area contributed by atoms with E-state index in [1.807, 2.05) is 25.1 Å². The predicted octanol–water partition coefficient (Wildman–Crippen LogP) is 6.61. The number of carbonyl (C=O) groups is 3. The van der Waals surface area contributed by atoms with Crippen LogP contribution in [0, 0.1) is 23.2 Å². The maximum atomic E-state index is 14.5. The smallest absolute Gasteiger partial charge is 0.327 e. The summed E-state index contributed by atoms with van der Waals surface area (Å²) in [5.41, 5.74) is 2.62. The Morgan fingerprint density at radius 1 is 1.13 bits per heavy atom. The molecule has 13 heteroatoms. The van der Waals surface area contributed by atoms with E-state index in [4.69, 9.17) is 25.8 Å². The summed E-state index contributed by atoms with van der Waals surface area (Å²) in [5.74, 6) is 0.166. The van der Waals surface area contributed by atoms with E-state index in [0.29, 0.717) is 50.0 Å². The standard InChI is InChI=1S/C40H51ClN4O7S/c1-25-7-5-9-34(50-3)31-13-10-28(31)21-45-23-40(16-6-8-26-17-29(41)12-14-32(26)40)24-52-35-15-11-27(18-33(35)45)36(46)43-53(49,22-25)44-38(48)42-30-19-39(2,20-30)37(47)51-4/h5,9,11-12,14-15,17-18,25,28,30-31,34H,6-8,10,13,16,19-24H2,1-4H3,(H2,42,43,44,46,48,49)/b9-5+/t25-,28-,30-,31+,34-,39+,40-,53?/m0/s1. The molecule has 53 heavy (non-hydrogen) atoms. The molecule has 2 aliphatic heterocycles. The van der Waals surface area contributed by atoms with Crippen LogP contribution < -0.4 is 19.7 Å². The van der Waals surface area contributed by atoms with Crippen LogP contribution in [-0.4, -0.2) is 73.9 Å². The van der Waals surface area contributed by atoms with Gasteiger partial charge in [0.1, 0.15) is 15.7 Å². The first kappa shape index (κ1) is 37.7. The lowest BCUT2D eigenvalue weighted by atomic mass is 9.67. The quantitative estimate of drug-likeness (QED) is 0.262. The van der Waals surface area contributed by atoms with Gasteiger partial charge in [0, 0.05) is 42.2 Å². The molecule has 0 aromatic heterocycles. The number of hydrogen-bond donors (Lipinski definition) is 2. The van der Waals surface area contributed by atoms with Gasteiger partial charge in [0.15, 0.2) is 0 Å². The lowest BCUT2D eigenvalue weighted by Crippen LogP contribution is -2.56. The monoisotopic (exact) mass is 766 g/mol. The van der Waals surface area contributed by atoms with Gasteiger partial charge in [0.05, 0.1) is 36.7 Å². The highest BCUT2D eigenvalue weighted by molar-refractivity contribution is 7.92. The second-order valence-electron chi connectivity index (χ2n) is 16.2. The number of ether oxygens (including phenoxy) is 3. The van der Waals surface area contributed by atoms with E-state index in [2.05, 4.69) is 43.6 Å². The Bertz CT molecular complexity index is 1920. The highest BCUT2D eigenvalue weighted by Gasteiger charge is 2.48. The third-order valence-corrected chi connectivity index (χ3v) is 14.4. The summed E-state index contributed by atoms with van der Waals surface area (Å²) in [6.07, 6.45) is 10.5. The summed E-state index contributed by atoms with van der Waals surface area (Å²) in [6.45, 7) is 5.67. The van der Waals surface area contributed by atoms with E-state index in [1.165, 1.54) is 18.2 Å². The molecule has 5 aliphatic rings.